The first-order chi connectivity index (χ1) is 13.8. The number of esters is 1. The summed E-state index contributed by atoms with van der Waals surface area (Å²) >= 11 is 0. The molecule has 0 aliphatic carbocycles. The Morgan fingerprint density at radius 1 is 0.793 bits per heavy atom. The van der Waals surface area contributed by atoms with E-state index in [0.717, 1.165) is 11.1 Å². The Balaban J connectivity index is 1.73. The summed E-state index contributed by atoms with van der Waals surface area (Å²) in [7, 11) is 1.32. The first kappa shape index (κ1) is 20.1. The van der Waals surface area contributed by atoms with Gasteiger partial charge in [0.15, 0.2) is 0 Å². The smallest absolute Gasteiger partial charge is 0.337 e. The van der Waals surface area contributed by atoms with Crippen molar-refractivity contribution in [2.75, 3.05) is 12.4 Å². The van der Waals surface area contributed by atoms with Gasteiger partial charge in [-0.2, -0.15) is 0 Å². The Hall–Kier alpha value is -3.60. The summed E-state index contributed by atoms with van der Waals surface area (Å²) < 4.78 is 4.66. The molecule has 0 aromatic heterocycles. The molecule has 0 radical (unpaired) electrons. The highest BCUT2D eigenvalue weighted by molar-refractivity contribution is 6.04. The maximum atomic E-state index is 12.5. The van der Waals surface area contributed by atoms with Crippen LogP contribution in [0.25, 0.3) is 0 Å². The summed E-state index contributed by atoms with van der Waals surface area (Å²) in [4.78, 5) is 24.0. The average Bonchev–Trinajstić information content (AvgIpc) is 2.74. The molecule has 148 valence electrons. The zero-order valence-electron chi connectivity index (χ0n) is 16.6. The number of amides is 1. The third-order valence-corrected chi connectivity index (χ3v) is 5.02. The summed E-state index contributed by atoms with van der Waals surface area (Å²) in [6, 6.07) is 21.1. The zero-order chi connectivity index (χ0) is 21.0. The van der Waals surface area contributed by atoms with E-state index in [1.807, 2.05) is 24.3 Å². The van der Waals surface area contributed by atoms with Gasteiger partial charge in [-0.25, -0.2) is 4.79 Å². The molecule has 0 bridgehead atoms. The minimum absolute atomic E-state index is 0.232. The maximum absolute atomic E-state index is 12.5. The normalized spacial score (nSPS) is 11.0. The van der Waals surface area contributed by atoms with Crippen LogP contribution in [0.3, 0.4) is 0 Å². The highest BCUT2D eigenvalue weighted by Gasteiger charge is 2.23. The topological polar surface area (TPSA) is 75.6 Å². The van der Waals surface area contributed by atoms with Crippen LogP contribution in [0.2, 0.25) is 0 Å². The van der Waals surface area contributed by atoms with Crippen molar-refractivity contribution in [3.63, 3.8) is 0 Å². The maximum Gasteiger partial charge on any atom is 0.337 e. The van der Waals surface area contributed by atoms with Gasteiger partial charge in [0.2, 0.25) is 0 Å². The van der Waals surface area contributed by atoms with Crippen molar-refractivity contribution in [3.05, 3.63) is 95.1 Å². The molecule has 0 aliphatic heterocycles. The summed E-state index contributed by atoms with van der Waals surface area (Å²) in [6.07, 6.45) is 0. The number of nitrogens with one attached hydrogen (secondary N) is 1. The van der Waals surface area contributed by atoms with Crippen LogP contribution >= 0.6 is 0 Å². The van der Waals surface area contributed by atoms with Crippen LogP contribution < -0.4 is 5.32 Å². The number of anilines is 1. The molecule has 3 aromatic carbocycles. The number of carbonyl (C=O) groups is 2. The zero-order valence-corrected chi connectivity index (χ0v) is 16.6. The van der Waals surface area contributed by atoms with Crippen LogP contribution in [0.1, 0.15) is 45.7 Å². The molecule has 1 amide bonds. The molecular formula is C24H23NO4. The molecule has 0 fully saturated rings. The lowest BCUT2D eigenvalue weighted by Gasteiger charge is -2.26. The number of phenolic OH excluding ortho intramolecular Hbond substituents is 1. The largest absolute Gasteiger partial charge is 0.508 e. The third-order valence-electron chi connectivity index (χ3n) is 5.02. The minimum atomic E-state index is -0.422. The van der Waals surface area contributed by atoms with E-state index in [-0.39, 0.29) is 17.1 Å². The van der Waals surface area contributed by atoms with Gasteiger partial charge < -0.3 is 15.2 Å². The van der Waals surface area contributed by atoms with Crippen molar-refractivity contribution >= 4 is 17.6 Å². The number of phenols is 1. The lowest BCUT2D eigenvalue weighted by Crippen LogP contribution is -2.19. The molecule has 5 nitrogen and oxygen atoms in total. The molecule has 0 unspecified atom stereocenters. The van der Waals surface area contributed by atoms with Gasteiger partial charge in [0.05, 0.1) is 12.7 Å². The fourth-order valence-electron chi connectivity index (χ4n) is 3.09. The van der Waals surface area contributed by atoms with Crippen LogP contribution in [0, 0.1) is 0 Å². The molecule has 0 saturated heterocycles. The number of aromatic hydroxyl groups is 1. The Morgan fingerprint density at radius 3 is 1.79 bits per heavy atom. The van der Waals surface area contributed by atoms with Crippen LogP contribution in [-0.2, 0) is 10.2 Å². The molecule has 0 saturated carbocycles. The van der Waals surface area contributed by atoms with E-state index in [1.54, 1.807) is 48.5 Å². The van der Waals surface area contributed by atoms with E-state index in [0.29, 0.717) is 16.8 Å². The fourth-order valence-corrected chi connectivity index (χ4v) is 3.09. The van der Waals surface area contributed by atoms with E-state index >= 15 is 0 Å². The van der Waals surface area contributed by atoms with Gasteiger partial charge >= 0.3 is 5.97 Å². The molecule has 2 N–H and O–H groups in total. The van der Waals surface area contributed by atoms with Gasteiger partial charge in [0, 0.05) is 16.7 Å². The quantitative estimate of drug-likeness (QED) is 0.617. The molecule has 5 heteroatoms. The number of carbonyl (C=O) groups excluding carboxylic acids is 2. The monoisotopic (exact) mass is 389 g/mol. The third kappa shape index (κ3) is 4.46. The predicted molar refractivity (Wildman–Crippen MR) is 112 cm³/mol. The Bertz CT molecular complexity index is 1000. The number of rotatable bonds is 5. The van der Waals surface area contributed by atoms with Gasteiger partial charge in [-0.05, 0) is 59.7 Å². The van der Waals surface area contributed by atoms with E-state index in [9.17, 15) is 14.7 Å². The van der Waals surface area contributed by atoms with Crippen LogP contribution in [0.5, 0.6) is 5.75 Å². The lowest BCUT2D eigenvalue weighted by atomic mass is 9.78. The minimum Gasteiger partial charge on any atom is -0.508 e. The molecule has 0 aliphatic rings. The van der Waals surface area contributed by atoms with Gasteiger partial charge in [-0.1, -0.05) is 38.1 Å². The van der Waals surface area contributed by atoms with Crippen molar-refractivity contribution in [3.8, 4) is 5.75 Å². The first-order valence-corrected chi connectivity index (χ1v) is 9.21. The van der Waals surface area contributed by atoms with E-state index < -0.39 is 5.97 Å². The van der Waals surface area contributed by atoms with Gasteiger partial charge in [-0.15, -0.1) is 0 Å². The Kier molecular flexibility index (Phi) is 5.69. The summed E-state index contributed by atoms with van der Waals surface area (Å²) in [5.74, 6) is -0.421. The van der Waals surface area contributed by atoms with Gasteiger partial charge in [0.1, 0.15) is 5.75 Å². The summed E-state index contributed by atoms with van der Waals surface area (Å²) in [6.45, 7) is 4.19. The van der Waals surface area contributed by atoms with Gasteiger partial charge in [0.25, 0.3) is 5.91 Å². The number of hydrogen-bond acceptors (Lipinski definition) is 4. The van der Waals surface area contributed by atoms with E-state index in [4.69, 9.17) is 0 Å². The van der Waals surface area contributed by atoms with Crippen LogP contribution in [-0.4, -0.2) is 24.1 Å². The second-order valence-electron chi connectivity index (χ2n) is 7.27. The second-order valence-corrected chi connectivity index (χ2v) is 7.27. The molecule has 0 atom stereocenters. The van der Waals surface area contributed by atoms with Crippen molar-refractivity contribution in [1.29, 1.82) is 0 Å². The van der Waals surface area contributed by atoms with Crippen LogP contribution in [0.15, 0.2) is 72.8 Å². The highest BCUT2D eigenvalue weighted by Crippen LogP contribution is 2.32. The van der Waals surface area contributed by atoms with Crippen molar-refractivity contribution in [1.82, 2.24) is 0 Å². The number of methoxy groups -OCH3 is 1. The SMILES string of the molecule is COC(=O)c1ccc(NC(=O)c2ccc(C(C)(C)c3ccc(O)cc3)cc2)cc1. The lowest BCUT2D eigenvalue weighted by molar-refractivity contribution is 0.0600. The van der Waals surface area contributed by atoms with E-state index in [1.165, 1.54) is 7.11 Å². The predicted octanol–water partition coefficient (Wildman–Crippen LogP) is 4.76. The average molecular weight is 389 g/mol. The first-order valence-electron chi connectivity index (χ1n) is 9.21. The second kappa shape index (κ2) is 8.19. The summed E-state index contributed by atoms with van der Waals surface area (Å²) in [5.41, 5.74) is 3.40. The number of benzene rings is 3. The van der Waals surface area contributed by atoms with Crippen molar-refractivity contribution < 1.29 is 19.4 Å². The molecular weight excluding hydrogens is 366 g/mol. The summed E-state index contributed by atoms with van der Waals surface area (Å²) in [5, 5.41) is 12.3. The van der Waals surface area contributed by atoms with Gasteiger partial charge in [-0.3, -0.25) is 4.79 Å². The number of ether oxygens (including phenoxy) is 1. The molecule has 29 heavy (non-hydrogen) atoms. The Labute approximate surface area is 170 Å². The van der Waals surface area contributed by atoms with E-state index in [2.05, 4.69) is 23.9 Å². The van der Waals surface area contributed by atoms with Crippen molar-refractivity contribution in [2.45, 2.75) is 19.3 Å². The number of hydrogen-bond donors (Lipinski definition) is 2. The Morgan fingerprint density at radius 2 is 1.28 bits per heavy atom. The molecule has 0 heterocycles. The molecule has 3 aromatic rings. The fraction of sp³-hybridized carbons (Fsp3) is 0.167. The standard InChI is InChI=1S/C24H23NO4/c1-24(2,19-10-14-21(26)15-11-19)18-8-4-16(5-9-18)22(27)25-20-12-6-17(7-13-20)23(28)29-3/h4-15,26H,1-3H3,(H,25,27). The van der Waals surface area contributed by atoms with Crippen molar-refractivity contribution in [2.24, 2.45) is 0 Å². The molecule has 0 spiro atoms. The highest BCUT2D eigenvalue weighted by atomic mass is 16.5. The van der Waals surface area contributed by atoms with Crippen LogP contribution in [0.4, 0.5) is 5.69 Å². The molecule has 3 rings (SSSR count).